The Labute approximate surface area is 272 Å². The molecule has 1 unspecified atom stereocenters. The van der Waals surface area contributed by atoms with Crippen LogP contribution in [0.4, 0.5) is 24.7 Å². The van der Waals surface area contributed by atoms with E-state index in [0.29, 0.717) is 33.8 Å². The van der Waals surface area contributed by atoms with E-state index in [1.54, 1.807) is 11.5 Å². The van der Waals surface area contributed by atoms with Gasteiger partial charge < -0.3 is 15.0 Å². The number of non-ortho nitro benzene ring substituents is 1. The Morgan fingerprint density at radius 2 is 1.85 bits per heavy atom. The number of nitriles is 1. The van der Waals surface area contributed by atoms with Gasteiger partial charge in [0, 0.05) is 53.6 Å². The van der Waals surface area contributed by atoms with Crippen molar-refractivity contribution in [3.63, 3.8) is 0 Å². The molecular formula is C33H32F3N7O3S. The summed E-state index contributed by atoms with van der Waals surface area (Å²) in [6.07, 6.45) is -2.22. The fraction of sp³-hybridized carbons (Fsp3) is 0.364. The van der Waals surface area contributed by atoms with Crippen LogP contribution in [0.5, 0.6) is 0 Å². The van der Waals surface area contributed by atoms with Gasteiger partial charge in [-0.25, -0.2) is 9.97 Å². The van der Waals surface area contributed by atoms with E-state index in [9.17, 15) is 33.7 Å². The molecule has 1 aliphatic rings. The molecule has 47 heavy (non-hydrogen) atoms. The predicted octanol–water partition coefficient (Wildman–Crippen LogP) is 6.82. The number of piperidine rings is 1. The zero-order chi connectivity index (χ0) is 33.5. The molecule has 3 aromatic heterocycles. The van der Waals surface area contributed by atoms with Gasteiger partial charge in [0.25, 0.3) is 5.69 Å². The number of alkyl halides is 3. The highest BCUT2D eigenvalue weighted by molar-refractivity contribution is 7.18. The summed E-state index contributed by atoms with van der Waals surface area (Å²) in [5.41, 5.74) is 2.45. The van der Waals surface area contributed by atoms with Crippen LogP contribution in [0.1, 0.15) is 47.0 Å². The average Bonchev–Trinajstić information content (AvgIpc) is 3.59. The van der Waals surface area contributed by atoms with Crippen LogP contribution in [0.2, 0.25) is 0 Å². The third-order valence-electron chi connectivity index (χ3n) is 8.82. The van der Waals surface area contributed by atoms with Gasteiger partial charge in [0.1, 0.15) is 34.3 Å². The number of benzene rings is 2. The lowest BCUT2D eigenvalue weighted by molar-refractivity contribution is -0.384. The maximum atomic E-state index is 12.9. The summed E-state index contributed by atoms with van der Waals surface area (Å²) in [6.45, 7) is 6.08. The van der Waals surface area contributed by atoms with Crippen molar-refractivity contribution < 1.29 is 23.2 Å². The first-order valence-corrected chi connectivity index (χ1v) is 15.9. The number of halogens is 3. The molecule has 10 nitrogen and oxygen atoms in total. The predicted molar refractivity (Wildman–Crippen MR) is 173 cm³/mol. The number of aryl methyl sites for hydroxylation is 1. The molecule has 0 bridgehead atoms. The molecule has 6 rings (SSSR count). The van der Waals surface area contributed by atoms with Gasteiger partial charge >= 0.3 is 6.18 Å². The Hall–Kier alpha value is -4.58. The number of thiophene rings is 1. The first kappa shape index (κ1) is 32.4. The monoisotopic (exact) mass is 663 g/mol. The topological polar surface area (TPSA) is 133 Å². The van der Waals surface area contributed by atoms with Gasteiger partial charge in [0.15, 0.2) is 0 Å². The second-order valence-electron chi connectivity index (χ2n) is 12.2. The van der Waals surface area contributed by atoms with E-state index < -0.39 is 23.1 Å². The average molecular weight is 664 g/mol. The molecule has 14 heteroatoms. The zero-order valence-corrected chi connectivity index (χ0v) is 26.5. The van der Waals surface area contributed by atoms with E-state index in [1.807, 2.05) is 25.1 Å². The molecule has 0 aliphatic carbocycles. The van der Waals surface area contributed by atoms with Crippen molar-refractivity contribution in [3.8, 4) is 6.07 Å². The molecule has 1 fully saturated rings. The van der Waals surface area contributed by atoms with Gasteiger partial charge in [-0.15, -0.1) is 11.3 Å². The quantitative estimate of drug-likeness (QED) is 0.130. The van der Waals surface area contributed by atoms with Crippen molar-refractivity contribution in [2.24, 2.45) is 0 Å². The van der Waals surface area contributed by atoms with Crippen molar-refractivity contribution in [2.45, 2.75) is 64.0 Å². The lowest BCUT2D eigenvalue weighted by atomic mass is 9.95. The second-order valence-corrected chi connectivity index (χ2v) is 13.3. The van der Waals surface area contributed by atoms with Gasteiger partial charge in [-0.3, -0.25) is 15.0 Å². The molecule has 0 saturated carbocycles. The maximum Gasteiger partial charge on any atom is 0.393 e. The zero-order valence-electron chi connectivity index (χ0n) is 25.7. The lowest BCUT2D eigenvalue weighted by Crippen LogP contribution is -2.39. The highest BCUT2D eigenvalue weighted by atomic mass is 32.1. The summed E-state index contributed by atoms with van der Waals surface area (Å²) in [6, 6.07) is 15.5. The number of fused-ring (bicyclic) bond motifs is 2. The summed E-state index contributed by atoms with van der Waals surface area (Å²) in [4.78, 5) is 22.2. The van der Waals surface area contributed by atoms with Crippen LogP contribution >= 0.6 is 11.3 Å². The fourth-order valence-electron chi connectivity index (χ4n) is 6.27. The Morgan fingerprint density at radius 3 is 2.51 bits per heavy atom. The number of nitro groups is 1. The lowest BCUT2D eigenvalue weighted by Gasteiger charge is -2.33. The summed E-state index contributed by atoms with van der Waals surface area (Å²) in [5, 5.41) is 37.3. The minimum Gasteiger partial charge on any atom is -0.384 e. The number of nitrogens with zero attached hydrogens (tertiary/aromatic N) is 6. The number of nitrogens with one attached hydrogen (secondary N) is 1. The molecular weight excluding hydrogens is 631 g/mol. The van der Waals surface area contributed by atoms with Crippen molar-refractivity contribution in [1.29, 1.82) is 5.26 Å². The van der Waals surface area contributed by atoms with E-state index in [0.717, 1.165) is 59.3 Å². The fourth-order valence-corrected chi connectivity index (χ4v) is 7.30. The van der Waals surface area contributed by atoms with Gasteiger partial charge in [0.05, 0.1) is 23.3 Å². The van der Waals surface area contributed by atoms with Crippen LogP contribution in [0.15, 0.2) is 54.9 Å². The van der Waals surface area contributed by atoms with Crippen LogP contribution in [-0.4, -0.2) is 54.8 Å². The van der Waals surface area contributed by atoms with Crippen LogP contribution in [0.25, 0.3) is 21.1 Å². The molecule has 2 aromatic carbocycles. The third-order valence-corrected chi connectivity index (χ3v) is 9.87. The molecule has 0 radical (unpaired) electrons. The first-order chi connectivity index (χ1) is 22.3. The number of aromatic nitrogens is 3. The smallest absolute Gasteiger partial charge is 0.384 e. The molecule has 1 saturated heterocycles. The molecule has 2 N–H and O–H groups in total. The number of hydrogen-bond acceptors (Lipinski definition) is 9. The minimum atomic E-state index is -4.28. The van der Waals surface area contributed by atoms with Crippen molar-refractivity contribution >= 4 is 44.0 Å². The second kappa shape index (κ2) is 12.6. The molecule has 4 heterocycles. The van der Waals surface area contributed by atoms with E-state index >= 15 is 0 Å². The molecule has 1 atom stereocenters. The SMILES string of the molecule is Cc1c(CN2CCC(Nc3ncnc4sc(CC(F)(F)F)cc34)CC2)ccc2c1cc(C#N)n2CC(C)(O)c1ccc([N+](=O)[O-])cc1. The summed E-state index contributed by atoms with van der Waals surface area (Å²) in [5.74, 6) is 0.560. The van der Waals surface area contributed by atoms with E-state index in [2.05, 4.69) is 26.3 Å². The van der Waals surface area contributed by atoms with Gasteiger partial charge in [-0.2, -0.15) is 18.4 Å². The van der Waals surface area contributed by atoms with Gasteiger partial charge in [-0.05, 0) is 73.7 Å². The third kappa shape index (κ3) is 6.92. The van der Waals surface area contributed by atoms with Gasteiger partial charge in [-0.1, -0.05) is 6.07 Å². The Morgan fingerprint density at radius 1 is 1.13 bits per heavy atom. The summed E-state index contributed by atoms with van der Waals surface area (Å²) in [7, 11) is 0. The Balaban J connectivity index is 1.13. The molecule has 1 aliphatic heterocycles. The Kier molecular flexibility index (Phi) is 8.64. The normalized spacial score (nSPS) is 15.9. The number of rotatable bonds is 9. The van der Waals surface area contributed by atoms with Crippen molar-refractivity contribution in [1.82, 2.24) is 19.4 Å². The van der Waals surface area contributed by atoms with E-state index in [1.165, 1.54) is 36.7 Å². The van der Waals surface area contributed by atoms with Crippen LogP contribution in [0, 0.1) is 28.4 Å². The molecule has 0 spiro atoms. The van der Waals surface area contributed by atoms with Crippen LogP contribution in [-0.2, 0) is 25.1 Å². The van der Waals surface area contributed by atoms with Crippen LogP contribution in [0.3, 0.4) is 0 Å². The highest BCUT2D eigenvalue weighted by Crippen LogP contribution is 2.34. The highest BCUT2D eigenvalue weighted by Gasteiger charge is 2.30. The van der Waals surface area contributed by atoms with Gasteiger partial charge in [0.2, 0.25) is 0 Å². The number of anilines is 1. The largest absolute Gasteiger partial charge is 0.393 e. The number of likely N-dealkylation sites (tertiary alicyclic amines) is 1. The van der Waals surface area contributed by atoms with E-state index in [-0.39, 0.29) is 23.2 Å². The number of hydrogen-bond donors (Lipinski definition) is 2. The number of aliphatic hydroxyl groups is 1. The molecule has 244 valence electrons. The first-order valence-electron chi connectivity index (χ1n) is 15.1. The van der Waals surface area contributed by atoms with Crippen molar-refractivity contribution in [2.75, 3.05) is 18.4 Å². The summed E-state index contributed by atoms with van der Waals surface area (Å²) < 4.78 is 40.6. The van der Waals surface area contributed by atoms with Crippen LogP contribution < -0.4 is 5.32 Å². The maximum absolute atomic E-state index is 12.9. The standard InChI is InChI=1S/C33H32F3N7O3S/c1-20-21(3-8-29-27(20)13-25(16-37)42(29)18-32(2,44)22-4-6-24(7-5-22)43(45)46)17-41-11-9-23(10-12-41)40-30-28-14-26(15-33(34,35)36)47-31(28)39-19-38-30/h3-8,13-14,19,23,44H,9-12,15,17-18H2,1-2H3,(H,38,39,40). The molecule has 5 aromatic rings. The Bertz CT molecular complexity index is 1990. The van der Waals surface area contributed by atoms with Crippen molar-refractivity contribution in [3.05, 3.63) is 92.2 Å². The number of nitro benzene ring substituents is 1. The summed E-state index contributed by atoms with van der Waals surface area (Å²) >= 11 is 1.04. The molecule has 0 amide bonds. The minimum absolute atomic E-state index is 0.0655. The van der Waals surface area contributed by atoms with E-state index in [4.69, 9.17) is 0 Å².